The van der Waals surface area contributed by atoms with Crippen LogP contribution < -0.4 is 5.32 Å². The standard InChI is InChI=1S/C26H36N4O3/c1-18(27-2)23(31)17-21(20-12-7-4-8-13-20)26(32)30-15-9-14-22(30)25-28-24(33-29-25)16-19-10-5-3-6-11-19/h3,5-6,10-11,18,20-22,27H,4,7-9,12-17H2,1-2H3/t18-,21-,22-/m0/s1. The van der Waals surface area contributed by atoms with Crippen LogP contribution in [0.3, 0.4) is 0 Å². The van der Waals surface area contributed by atoms with Crippen LogP contribution in [-0.4, -0.2) is 46.4 Å². The molecule has 33 heavy (non-hydrogen) atoms. The molecule has 1 aliphatic carbocycles. The normalized spacial score (nSPS) is 21.2. The first-order valence-electron chi connectivity index (χ1n) is 12.4. The minimum absolute atomic E-state index is 0.0930. The van der Waals surface area contributed by atoms with E-state index in [1.807, 2.05) is 42.2 Å². The van der Waals surface area contributed by atoms with E-state index in [4.69, 9.17) is 4.52 Å². The molecule has 7 nitrogen and oxygen atoms in total. The van der Waals surface area contributed by atoms with Crippen LogP contribution in [0.1, 0.15) is 81.6 Å². The van der Waals surface area contributed by atoms with Gasteiger partial charge in [0.05, 0.1) is 18.5 Å². The molecule has 2 aliphatic rings. The third kappa shape index (κ3) is 5.69. The number of hydrogen-bond acceptors (Lipinski definition) is 6. The highest BCUT2D eigenvalue weighted by atomic mass is 16.5. The van der Waals surface area contributed by atoms with Crippen LogP contribution in [-0.2, 0) is 16.0 Å². The van der Waals surface area contributed by atoms with E-state index < -0.39 is 0 Å². The van der Waals surface area contributed by atoms with E-state index in [0.717, 1.165) is 44.1 Å². The fourth-order valence-corrected chi connectivity index (χ4v) is 5.30. The van der Waals surface area contributed by atoms with Gasteiger partial charge in [-0.25, -0.2) is 0 Å². The van der Waals surface area contributed by atoms with Gasteiger partial charge in [-0.1, -0.05) is 54.8 Å². The number of amides is 1. The van der Waals surface area contributed by atoms with Crippen molar-refractivity contribution in [1.82, 2.24) is 20.4 Å². The Labute approximate surface area is 196 Å². The highest BCUT2D eigenvalue weighted by Crippen LogP contribution is 2.38. The van der Waals surface area contributed by atoms with Crippen LogP contribution in [0.5, 0.6) is 0 Å². The molecule has 0 spiro atoms. The summed E-state index contributed by atoms with van der Waals surface area (Å²) in [7, 11) is 1.79. The molecule has 1 aliphatic heterocycles. The molecular weight excluding hydrogens is 416 g/mol. The van der Waals surface area contributed by atoms with Gasteiger partial charge in [0.1, 0.15) is 5.78 Å². The SMILES string of the molecule is CN[C@@H](C)C(=O)C[C@H](C(=O)N1CCC[C@H]1c1noc(Cc2ccccc2)n1)C1CCCCC1. The second-order valence-electron chi connectivity index (χ2n) is 9.58. The molecule has 0 bridgehead atoms. The van der Waals surface area contributed by atoms with Gasteiger partial charge in [-0.2, -0.15) is 4.98 Å². The molecule has 2 fully saturated rings. The van der Waals surface area contributed by atoms with Gasteiger partial charge < -0.3 is 14.7 Å². The van der Waals surface area contributed by atoms with Gasteiger partial charge in [-0.3, -0.25) is 9.59 Å². The molecule has 1 amide bonds. The highest BCUT2D eigenvalue weighted by Gasteiger charge is 2.40. The first kappa shape index (κ1) is 23.6. The number of rotatable bonds is 9. The summed E-state index contributed by atoms with van der Waals surface area (Å²) in [5.41, 5.74) is 1.11. The van der Waals surface area contributed by atoms with Gasteiger partial charge in [0, 0.05) is 18.9 Å². The predicted octanol–water partition coefficient (Wildman–Crippen LogP) is 4.09. The van der Waals surface area contributed by atoms with E-state index in [0.29, 0.717) is 31.1 Å². The molecule has 4 rings (SSSR count). The number of ketones is 1. The van der Waals surface area contributed by atoms with Gasteiger partial charge >= 0.3 is 0 Å². The molecular formula is C26H36N4O3. The van der Waals surface area contributed by atoms with Crippen molar-refractivity contribution in [2.24, 2.45) is 11.8 Å². The van der Waals surface area contributed by atoms with Crippen molar-refractivity contribution < 1.29 is 14.1 Å². The molecule has 2 heterocycles. The zero-order valence-corrected chi connectivity index (χ0v) is 19.8. The van der Waals surface area contributed by atoms with Gasteiger partial charge in [0.2, 0.25) is 11.8 Å². The van der Waals surface area contributed by atoms with Crippen LogP contribution in [0.4, 0.5) is 0 Å². The monoisotopic (exact) mass is 452 g/mol. The van der Waals surface area contributed by atoms with Gasteiger partial charge in [-0.15, -0.1) is 0 Å². The highest BCUT2D eigenvalue weighted by molar-refractivity contribution is 5.90. The number of Topliss-reactive ketones (excluding diaryl/α,β-unsaturated/α-hetero) is 1. The van der Waals surface area contributed by atoms with Crippen molar-refractivity contribution in [3.8, 4) is 0 Å². The molecule has 1 aromatic carbocycles. The molecule has 1 aromatic heterocycles. The Bertz CT molecular complexity index is 923. The Kier molecular flexibility index (Phi) is 7.91. The van der Waals surface area contributed by atoms with Crippen molar-refractivity contribution in [3.63, 3.8) is 0 Å². The number of benzene rings is 1. The molecule has 1 saturated heterocycles. The molecule has 7 heteroatoms. The van der Waals surface area contributed by atoms with E-state index in [-0.39, 0.29) is 35.6 Å². The molecule has 0 unspecified atom stereocenters. The molecule has 0 radical (unpaired) electrons. The summed E-state index contributed by atoms with van der Waals surface area (Å²) in [5, 5.41) is 7.28. The number of hydrogen-bond donors (Lipinski definition) is 1. The Hall–Kier alpha value is -2.54. The number of nitrogens with zero attached hydrogens (tertiary/aromatic N) is 3. The number of nitrogens with one attached hydrogen (secondary N) is 1. The van der Waals surface area contributed by atoms with Crippen molar-refractivity contribution in [2.75, 3.05) is 13.6 Å². The van der Waals surface area contributed by atoms with Gasteiger partial charge in [0.15, 0.2) is 5.82 Å². The summed E-state index contributed by atoms with van der Waals surface area (Å²) in [6.07, 6.45) is 8.18. The smallest absolute Gasteiger partial charge is 0.231 e. The number of likely N-dealkylation sites (tertiary alicyclic amines) is 1. The maximum Gasteiger partial charge on any atom is 0.231 e. The summed E-state index contributed by atoms with van der Waals surface area (Å²) in [6.45, 7) is 2.56. The summed E-state index contributed by atoms with van der Waals surface area (Å²) < 4.78 is 5.53. The first-order valence-corrected chi connectivity index (χ1v) is 12.4. The summed E-state index contributed by atoms with van der Waals surface area (Å²) in [6, 6.07) is 9.62. The summed E-state index contributed by atoms with van der Waals surface area (Å²) >= 11 is 0. The molecule has 1 saturated carbocycles. The van der Waals surface area contributed by atoms with Crippen LogP contribution in [0.25, 0.3) is 0 Å². The number of carbonyl (C=O) groups is 2. The zero-order valence-electron chi connectivity index (χ0n) is 19.8. The molecule has 2 aromatic rings. The Morgan fingerprint density at radius 3 is 2.61 bits per heavy atom. The lowest BCUT2D eigenvalue weighted by Crippen LogP contribution is -2.42. The van der Waals surface area contributed by atoms with Crippen molar-refractivity contribution in [1.29, 1.82) is 0 Å². The second kappa shape index (κ2) is 11.1. The Morgan fingerprint density at radius 1 is 1.12 bits per heavy atom. The van der Waals surface area contributed by atoms with Crippen molar-refractivity contribution in [3.05, 3.63) is 47.6 Å². The molecule has 1 N–H and O–H groups in total. The molecule has 178 valence electrons. The Morgan fingerprint density at radius 2 is 1.88 bits per heavy atom. The van der Waals surface area contributed by atoms with Gasteiger partial charge in [-0.05, 0) is 51.1 Å². The second-order valence-corrected chi connectivity index (χ2v) is 9.58. The maximum atomic E-state index is 13.8. The lowest BCUT2D eigenvalue weighted by molar-refractivity contribution is -0.142. The van der Waals surface area contributed by atoms with E-state index in [2.05, 4.69) is 15.5 Å². The third-order valence-corrected chi connectivity index (χ3v) is 7.39. The summed E-state index contributed by atoms with van der Waals surface area (Å²) in [5.74, 6) is 1.38. The minimum atomic E-state index is -0.259. The fraction of sp³-hybridized carbons (Fsp3) is 0.615. The van der Waals surface area contributed by atoms with E-state index in [1.54, 1.807) is 7.05 Å². The Balaban J connectivity index is 1.50. The molecule has 3 atom stereocenters. The van der Waals surface area contributed by atoms with Crippen molar-refractivity contribution >= 4 is 11.7 Å². The maximum absolute atomic E-state index is 13.8. The van der Waals surface area contributed by atoms with E-state index in [1.165, 1.54) is 6.42 Å². The lowest BCUT2D eigenvalue weighted by Gasteiger charge is -2.34. The van der Waals surface area contributed by atoms with E-state index >= 15 is 0 Å². The fourth-order valence-electron chi connectivity index (χ4n) is 5.30. The van der Waals surface area contributed by atoms with Crippen LogP contribution in [0, 0.1) is 11.8 Å². The van der Waals surface area contributed by atoms with Crippen molar-refractivity contribution in [2.45, 2.75) is 76.8 Å². The lowest BCUT2D eigenvalue weighted by atomic mass is 9.76. The predicted molar refractivity (Wildman–Crippen MR) is 125 cm³/mol. The average molecular weight is 453 g/mol. The number of carbonyl (C=O) groups excluding carboxylic acids is 2. The number of aromatic nitrogens is 2. The first-order chi connectivity index (χ1) is 16.1. The number of likely N-dealkylation sites (N-methyl/N-ethyl adjacent to an activating group) is 1. The third-order valence-electron chi connectivity index (χ3n) is 7.39. The summed E-state index contributed by atoms with van der Waals surface area (Å²) in [4.78, 5) is 33.2. The van der Waals surface area contributed by atoms with Gasteiger partial charge in [0.25, 0.3) is 0 Å². The average Bonchev–Trinajstić information content (AvgIpc) is 3.52. The minimum Gasteiger partial charge on any atom is -0.339 e. The van der Waals surface area contributed by atoms with Crippen LogP contribution >= 0.6 is 0 Å². The largest absolute Gasteiger partial charge is 0.339 e. The van der Waals surface area contributed by atoms with Crippen LogP contribution in [0.2, 0.25) is 0 Å². The van der Waals surface area contributed by atoms with Crippen LogP contribution in [0.15, 0.2) is 34.9 Å². The van der Waals surface area contributed by atoms with E-state index in [9.17, 15) is 9.59 Å². The quantitative estimate of drug-likeness (QED) is 0.617. The topological polar surface area (TPSA) is 88.3 Å². The zero-order chi connectivity index (χ0) is 23.2.